The first-order chi connectivity index (χ1) is 6.81. The second kappa shape index (κ2) is 3.37. The van der Waals surface area contributed by atoms with Crippen molar-refractivity contribution in [1.82, 2.24) is 15.0 Å². The van der Waals surface area contributed by atoms with Gasteiger partial charge in [0.05, 0.1) is 11.9 Å². The van der Waals surface area contributed by atoms with Gasteiger partial charge in [0.1, 0.15) is 5.69 Å². The van der Waals surface area contributed by atoms with Crippen molar-refractivity contribution in [3.63, 3.8) is 0 Å². The third kappa shape index (κ3) is 1.39. The molecule has 2 heterocycles. The van der Waals surface area contributed by atoms with Crippen molar-refractivity contribution in [2.45, 2.75) is 0 Å². The van der Waals surface area contributed by atoms with Gasteiger partial charge in [0.25, 0.3) is 0 Å². The van der Waals surface area contributed by atoms with Crippen molar-refractivity contribution in [3.05, 3.63) is 24.7 Å². The van der Waals surface area contributed by atoms with Crippen LogP contribution in [-0.2, 0) is 0 Å². The lowest BCUT2D eigenvalue weighted by atomic mass is 10.2. The molecular weight excluding hydrogens is 178 g/mol. The summed E-state index contributed by atoms with van der Waals surface area (Å²) in [6.07, 6.45) is 5.38. The molecule has 0 aliphatic rings. The predicted octanol–water partition coefficient (Wildman–Crippen LogP) is 1.10. The maximum Gasteiger partial charge on any atom is 0.220 e. The molecule has 2 aromatic heterocycles. The highest BCUT2D eigenvalue weighted by atomic mass is 15.0. The Labute approximate surface area is 81.4 Å². The highest BCUT2D eigenvalue weighted by molar-refractivity contribution is 5.73. The molecule has 4 N–H and O–H groups in total. The average molecular weight is 189 g/mol. The summed E-state index contributed by atoms with van der Waals surface area (Å²) in [6.45, 7) is 0. The van der Waals surface area contributed by atoms with Gasteiger partial charge in [-0.3, -0.25) is 0 Å². The number of nitrogens with one attached hydrogen (secondary N) is 2. The summed E-state index contributed by atoms with van der Waals surface area (Å²) in [7, 11) is 1.82. The minimum atomic E-state index is 0.278. The summed E-state index contributed by atoms with van der Waals surface area (Å²) in [6, 6.07) is 1.93. The van der Waals surface area contributed by atoms with Crippen molar-refractivity contribution < 1.29 is 0 Å². The van der Waals surface area contributed by atoms with Crippen LogP contribution in [0.1, 0.15) is 0 Å². The summed E-state index contributed by atoms with van der Waals surface area (Å²) in [5.74, 6) is 0.278. The Morgan fingerprint density at radius 3 is 3.00 bits per heavy atom. The largest absolute Gasteiger partial charge is 0.385 e. The van der Waals surface area contributed by atoms with Crippen molar-refractivity contribution in [2.75, 3.05) is 18.1 Å². The molecular formula is C9H11N5. The van der Waals surface area contributed by atoms with E-state index in [2.05, 4.69) is 20.3 Å². The Morgan fingerprint density at radius 2 is 2.36 bits per heavy atom. The van der Waals surface area contributed by atoms with E-state index in [4.69, 9.17) is 5.73 Å². The fourth-order valence-electron chi connectivity index (χ4n) is 1.27. The SMILES string of the molecule is CNc1cnc(N)nc1-c1cc[nH]c1. The van der Waals surface area contributed by atoms with Crippen LogP contribution in [0, 0.1) is 0 Å². The highest BCUT2D eigenvalue weighted by Crippen LogP contribution is 2.24. The molecule has 0 aromatic carbocycles. The van der Waals surface area contributed by atoms with Gasteiger partial charge >= 0.3 is 0 Å². The van der Waals surface area contributed by atoms with Gasteiger partial charge < -0.3 is 16.0 Å². The van der Waals surface area contributed by atoms with E-state index in [0.29, 0.717) is 0 Å². The number of anilines is 2. The van der Waals surface area contributed by atoms with E-state index in [1.165, 1.54) is 0 Å². The van der Waals surface area contributed by atoms with Gasteiger partial charge in [-0.1, -0.05) is 0 Å². The number of nitrogen functional groups attached to an aromatic ring is 1. The first-order valence-corrected chi connectivity index (χ1v) is 4.24. The van der Waals surface area contributed by atoms with Crippen LogP contribution < -0.4 is 11.1 Å². The van der Waals surface area contributed by atoms with Gasteiger partial charge in [-0.05, 0) is 6.07 Å². The number of nitrogens with two attached hydrogens (primary N) is 1. The zero-order chi connectivity index (χ0) is 9.97. The average Bonchev–Trinajstić information content (AvgIpc) is 2.70. The smallest absolute Gasteiger partial charge is 0.220 e. The van der Waals surface area contributed by atoms with Crippen molar-refractivity contribution in [2.24, 2.45) is 0 Å². The molecule has 0 bridgehead atoms. The molecule has 0 aliphatic carbocycles. The molecule has 0 atom stereocenters. The molecule has 72 valence electrons. The maximum atomic E-state index is 5.53. The van der Waals surface area contributed by atoms with Crippen LogP contribution >= 0.6 is 0 Å². The van der Waals surface area contributed by atoms with Crippen molar-refractivity contribution in [3.8, 4) is 11.3 Å². The molecule has 0 aliphatic heterocycles. The van der Waals surface area contributed by atoms with E-state index in [1.807, 2.05) is 25.5 Å². The van der Waals surface area contributed by atoms with Gasteiger partial charge in [-0.15, -0.1) is 0 Å². The Kier molecular flexibility index (Phi) is 2.06. The van der Waals surface area contributed by atoms with Crippen LogP contribution in [-0.4, -0.2) is 22.0 Å². The molecule has 2 aromatic rings. The number of aromatic nitrogens is 3. The lowest BCUT2D eigenvalue weighted by Crippen LogP contribution is -2.00. The summed E-state index contributed by atoms with van der Waals surface area (Å²) < 4.78 is 0. The highest BCUT2D eigenvalue weighted by Gasteiger charge is 2.06. The zero-order valence-corrected chi connectivity index (χ0v) is 7.78. The van der Waals surface area contributed by atoms with Gasteiger partial charge in [-0.25, -0.2) is 9.97 Å². The topological polar surface area (TPSA) is 79.6 Å². The molecule has 0 unspecified atom stereocenters. The minimum Gasteiger partial charge on any atom is -0.385 e. The molecule has 14 heavy (non-hydrogen) atoms. The Balaban J connectivity index is 2.55. The van der Waals surface area contributed by atoms with E-state index in [0.717, 1.165) is 16.9 Å². The summed E-state index contributed by atoms with van der Waals surface area (Å²) in [4.78, 5) is 11.1. The number of rotatable bonds is 2. The van der Waals surface area contributed by atoms with Gasteiger partial charge in [0.15, 0.2) is 0 Å². The lowest BCUT2D eigenvalue weighted by molar-refractivity contribution is 1.18. The Bertz CT molecular complexity index is 421. The van der Waals surface area contributed by atoms with Crippen LogP contribution in [0.15, 0.2) is 24.7 Å². The molecule has 0 saturated heterocycles. The molecule has 0 amide bonds. The molecule has 5 nitrogen and oxygen atoms in total. The second-order valence-electron chi connectivity index (χ2n) is 2.84. The maximum absolute atomic E-state index is 5.53. The lowest BCUT2D eigenvalue weighted by Gasteiger charge is -2.05. The molecule has 5 heteroatoms. The molecule has 0 spiro atoms. The van der Waals surface area contributed by atoms with E-state index in [1.54, 1.807) is 6.20 Å². The third-order valence-corrected chi connectivity index (χ3v) is 1.95. The fourth-order valence-corrected chi connectivity index (χ4v) is 1.27. The monoisotopic (exact) mass is 189 g/mol. The molecule has 2 rings (SSSR count). The number of hydrogen-bond acceptors (Lipinski definition) is 4. The summed E-state index contributed by atoms with van der Waals surface area (Å²) in [5, 5.41) is 3.02. The van der Waals surface area contributed by atoms with Crippen LogP contribution in [0.25, 0.3) is 11.3 Å². The molecule has 0 fully saturated rings. The summed E-state index contributed by atoms with van der Waals surface area (Å²) in [5.41, 5.74) is 8.18. The van der Waals surface area contributed by atoms with E-state index in [-0.39, 0.29) is 5.95 Å². The van der Waals surface area contributed by atoms with Gasteiger partial charge in [0, 0.05) is 25.0 Å². The predicted molar refractivity (Wildman–Crippen MR) is 55.8 cm³/mol. The van der Waals surface area contributed by atoms with Gasteiger partial charge in [-0.2, -0.15) is 0 Å². The first kappa shape index (κ1) is 8.55. The Morgan fingerprint density at radius 1 is 1.50 bits per heavy atom. The molecule has 0 radical (unpaired) electrons. The van der Waals surface area contributed by atoms with Gasteiger partial charge in [0.2, 0.25) is 5.95 Å². The standard InChI is InChI=1S/C9H11N5/c1-11-7-5-13-9(10)14-8(7)6-2-3-12-4-6/h2-5,11-12H,1H3,(H2,10,13,14). The van der Waals surface area contributed by atoms with E-state index >= 15 is 0 Å². The zero-order valence-electron chi connectivity index (χ0n) is 7.78. The van der Waals surface area contributed by atoms with Crippen molar-refractivity contribution in [1.29, 1.82) is 0 Å². The van der Waals surface area contributed by atoms with Crippen LogP contribution in [0.2, 0.25) is 0 Å². The fraction of sp³-hybridized carbons (Fsp3) is 0.111. The minimum absolute atomic E-state index is 0.278. The second-order valence-corrected chi connectivity index (χ2v) is 2.84. The number of H-pyrrole nitrogens is 1. The van der Waals surface area contributed by atoms with Crippen LogP contribution in [0.4, 0.5) is 11.6 Å². The molecule has 0 saturated carbocycles. The van der Waals surface area contributed by atoms with Crippen LogP contribution in [0.5, 0.6) is 0 Å². The van der Waals surface area contributed by atoms with Crippen LogP contribution in [0.3, 0.4) is 0 Å². The van der Waals surface area contributed by atoms with E-state index in [9.17, 15) is 0 Å². The van der Waals surface area contributed by atoms with Crippen molar-refractivity contribution >= 4 is 11.6 Å². The first-order valence-electron chi connectivity index (χ1n) is 4.24. The summed E-state index contributed by atoms with van der Waals surface area (Å²) >= 11 is 0. The number of nitrogens with zero attached hydrogens (tertiary/aromatic N) is 2. The quantitative estimate of drug-likeness (QED) is 0.660. The number of aromatic amines is 1. The van der Waals surface area contributed by atoms with E-state index < -0.39 is 0 Å². The number of hydrogen-bond donors (Lipinski definition) is 3. The Hall–Kier alpha value is -2.04. The third-order valence-electron chi connectivity index (χ3n) is 1.95. The normalized spacial score (nSPS) is 10.1.